The van der Waals surface area contributed by atoms with Gasteiger partial charge in [0, 0.05) is 12.8 Å². The molecule has 4 N–H and O–H groups in total. The van der Waals surface area contributed by atoms with Gasteiger partial charge in [-0.25, -0.2) is 0 Å². The number of amides is 2. The second kappa shape index (κ2) is 9.94. The summed E-state index contributed by atoms with van der Waals surface area (Å²) in [7, 11) is 0. The molecule has 0 aromatic carbocycles. The Morgan fingerprint density at radius 3 is 1.58 bits per heavy atom. The van der Waals surface area contributed by atoms with Crippen LogP contribution in [-0.4, -0.2) is 11.8 Å². The summed E-state index contributed by atoms with van der Waals surface area (Å²) in [5.74, 6) is -0.438. The van der Waals surface area contributed by atoms with Gasteiger partial charge in [-0.15, -0.1) is 0 Å². The minimum atomic E-state index is -0.245. The normalized spacial score (nSPS) is 8.17. The summed E-state index contributed by atoms with van der Waals surface area (Å²) >= 11 is 0. The lowest BCUT2D eigenvalue weighted by atomic mass is 10.2. The molecule has 0 rings (SSSR count). The minimum Gasteiger partial charge on any atom is -0.370 e. The third kappa shape index (κ3) is 23.1. The molecule has 0 spiro atoms. The Bertz CT molecular complexity index is 135. The van der Waals surface area contributed by atoms with Crippen molar-refractivity contribution in [2.75, 3.05) is 0 Å². The van der Waals surface area contributed by atoms with Crippen LogP contribution in [0.1, 0.15) is 39.5 Å². The molecule has 0 aliphatic rings. The first-order valence-corrected chi connectivity index (χ1v) is 4.11. The number of unbranched alkanes of at least 4 members (excludes halogenated alkanes) is 1. The third-order valence-electron chi connectivity index (χ3n) is 1.13. The fourth-order valence-electron chi connectivity index (χ4n) is 0.351. The molecule has 4 heteroatoms. The van der Waals surface area contributed by atoms with E-state index in [2.05, 4.69) is 5.73 Å². The standard InChI is InChI=1S/C5H11NO.C3H7NO/c1-2-3-4-5(6)7;1-2-3(4)5/h2-4H2,1H3,(H2,6,7);2H2,1H3,(H2,4,5). The van der Waals surface area contributed by atoms with E-state index in [4.69, 9.17) is 5.73 Å². The molecule has 0 aliphatic heterocycles. The van der Waals surface area contributed by atoms with Crippen molar-refractivity contribution in [2.45, 2.75) is 39.5 Å². The first kappa shape index (κ1) is 13.5. The predicted octanol–water partition coefficient (Wildman–Crippen LogP) is 0.544. The van der Waals surface area contributed by atoms with Gasteiger partial charge in [-0.2, -0.15) is 0 Å². The maximum Gasteiger partial charge on any atom is 0.217 e. The fourth-order valence-corrected chi connectivity index (χ4v) is 0.351. The van der Waals surface area contributed by atoms with E-state index in [0.29, 0.717) is 12.8 Å². The van der Waals surface area contributed by atoms with Crippen LogP contribution in [0.4, 0.5) is 0 Å². The van der Waals surface area contributed by atoms with Gasteiger partial charge in [0.1, 0.15) is 0 Å². The van der Waals surface area contributed by atoms with Crippen LogP contribution in [0.2, 0.25) is 0 Å². The molecule has 0 bridgehead atoms. The molecule has 0 saturated carbocycles. The second-order valence-electron chi connectivity index (χ2n) is 2.39. The van der Waals surface area contributed by atoms with Gasteiger partial charge in [-0.1, -0.05) is 20.3 Å². The van der Waals surface area contributed by atoms with Crippen LogP contribution in [0.25, 0.3) is 0 Å². The zero-order chi connectivity index (χ0) is 9.98. The summed E-state index contributed by atoms with van der Waals surface area (Å²) in [5, 5.41) is 0. The average Bonchev–Trinajstić information content (AvgIpc) is 2.02. The van der Waals surface area contributed by atoms with E-state index in [0.717, 1.165) is 12.8 Å². The number of rotatable bonds is 4. The van der Waals surface area contributed by atoms with E-state index in [9.17, 15) is 9.59 Å². The van der Waals surface area contributed by atoms with Gasteiger partial charge < -0.3 is 11.5 Å². The van der Waals surface area contributed by atoms with Crippen molar-refractivity contribution in [3.8, 4) is 0 Å². The highest BCUT2D eigenvalue weighted by molar-refractivity contribution is 5.73. The number of hydrogen-bond donors (Lipinski definition) is 2. The summed E-state index contributed by atoms with van der Waals surface area (Å²) in [5.41, 5.74) is 9.49. The van der Waals surface area contributed by atoms with Crippen molar-refractivity contribution in [2.24, 2.45) is 11.5 Å². The Morgan fingerprint density at radius 1 is 1.08 bits per heavy atom. The highest BCUT2D eigenvalue weighted by Crippen LogP contribution is 1.89. The first-order valence-electron chi connectivity index (χ1n) is 4.11. The summed E-state index contributed by atoms with van der Waals surface area (Å²) in [4.78, 5) is 19.6. The Balaban J connectivity index is 0. The lowest BCUT2D eigenvalue weighted by molar-refractivity contribution is -0.118. The van der Waals surface area contributed by atoms with Crippen LogP contribution in [0.15, 0.2) is 0 Å². The lowest BCUT2D eigenvalue weighted by Crippen LogP contribution is -2.09. The van der Waals surface area contributed by atoms with Crippen molar-refractivity contribution >= 4 is 11.8 Å². The summed E-state index contributed by atoms with van der Waals surface area (Å²) in [6.45, 7) is 3.76. The highest BCUT2D eigenvalue weighted by Gasteiger charge is 1.88. The molecule has 0 radical (unpaired) electrons. The van der Waals surface area contributed by atoms with Crippen LogP contribution >= 0.6 is 0 Å². The summed E-state index contributed by atoms with van der Waals surface area (Å²) in [6, 6.07) is 0. The SMILES string of the molecule is CCC(N)=O.CCCCC(N)=O. The fraction of sp³-hybridized carbons (Fsp3) is 0.750. The van der Waals surface area contributed by atoms with E-state index in [1.54, 1.807) is 6.92 Å². The van der Waals surface area contributed by atoms with Crippen molar-refractivity contribution in [3.63, 3.8) is 0 Å². The maximum atomic E-state index is 9.98. The molecule has 0 aliphatic carbocycles. The maximum absolute atomic E-state index is 9.98. The molecule has 4 nitrogen and oxygen atoms in total. The topological polar surface area (TPSA) is 86.2 Å². The molecule has 0 atom stereocenters. The number of carbonyl (C=O) groups excluding carboxylic acids is 2. The Hall–Kier alpha value is -1.06. The van der Waals surface area contributed by atoms with Gasteiger partial charge in [0.15, 0.2) is 0 Å². The van der Waals surface area contributed by atoms with E-state index in [-0.39, 0.29) is 11.8 Å². The van der Waals surface area contributed by atoms with E-state index in [1.165, 1.54) is 0 Å². The largest absolute Gasteiger partial charge is 0.370 e. The van der Waals surface area contributed by atoms with Gasteiger partial charge in [-0.3, -0.25) is 9.59 Å². The predicted molar refractivity (Wildman–Crippen MR) is 48.2 cm³/mol. The highest BCUT2D eigenvalue weighted by atomic mass is 16.1. The van der Waals surface area contributed by atoms with E-state index in [1.807, 2.05) is 6.92 Å². The number of carbonyl (C=O) groups is 2. The first-order chi connectivity index (χ1) is 5.54. The molecule has 12 heavy (non-hydrogen) atoms. The smallest absolute Gasteiger partial charge is 0.217 e. The number of hydrogen-bond acceptors (Lipinski definition) is 2. The molecule has 2 amide bonds. The summed E-state index contributed by atoms with van der Waals surface area (Å²) < 4.78 is 0. The average molecular weight is 174 g/mol. The second-order valence-corrected chi connectivity index (χ2v) is 2.39. The van der Waals surface area contributed by atoms with Crippen LogP contribution in [0.3, 0.4) is 0 Å². The molecule has 72 valence electrons. The molecule has 0 fully saturated rings. The van der Waals surface area contributed by atoms with Crippen molar-refractivity contribution in [3.05, 3.63) is 0 Å². The van der Waals surface area contributed by atoms with Gasteiger partial charge in [0.05, 0.1) is 0 Å². The molecule has 0 aromatic rings. The van der Waals surface area contributed by atoms with E-state index < -0.39 is 0 Å². The molecular formula is C8H18N2O2. The number of nitrogens with two attached hydrogens (primary N) is 2. The van der Waals surface area contributed by atoms with E-state index >= 15 is 0 Å². The Morgan fingerprint density at radius 2 is 1.50 bits per heavy atom. The van der Waals surface area contributed by atoms with Gasteiger partial charge in [-0.05, 0) is 6.42 Å². The zero-order valence-electron chi connectivity index (χ0n) is 7.80. The molecular weight excluding hydrogens is 156 g/mol. The van der Waals surface area contributed by atoms with Crippen LogP contribution < -0.4 is 11.5 Å². The Kier molecular flexibility index (Phi) is 11.2. The van der Waals surface area contributed by atoms with Gasteiger partial charge >= 0.3 is 0 Å². The third-order valence-corrected chi connectivity index (χ3v) is 1.13. The quantitative estimate of drug-likeness (QED) is 0.651. The van der Waals surface area contributed by atoms with Crippen molar-refractivity contribution in [1.82, 2.24) is 0 Å². The molecule has 0 heterocycles. The molecule has 0 aromatic heterocycles. The van der Waals surface area contributed by atoms with Crippen LogP contribution in [0.5, 0.6) is 0 Å². The lowest BCUT2D eigenvalue weighted by Gasteiger charge is -1.86. The van der Waals surface area contributed by atoms with Gasteiger partial charge in [0.2, 0.25) is 11.8 Å². The van der Waals surface area contributed by atoms with Crippen LogP contribution in [-0.2, 0) is 9.59 Å². The molecule has 0 saturated heterocycles. The minimum absolute atomic E-state index is 0.193. The summed E-state index contributed by atoms with van der Waals surface area (Å²) in [6.07, 6.45) is 2.95. The van der Waals surface area contributed by atoms with Crippen molar-refractivity contribution in [1.29, 1.82) is 0 Å². The zero-order valence-corrected chi connectivity index (χ0v) is 7.80. The Labute approximate surface area is 73.3 Å². The van der Waals surface area contributed by atoms with Gasteiger partial charge in [0.25, 0.3) is 0 Å². The van der Waals surface area contributed by atoms with Crippen molar-refractivity contribution < 1.29 is 9.59 Å². The number of primary amides is 2. The monoisotopic (exact) mass is 174 g/mol. The van der Waals surface area contributed by atoms with Crippen LogP contribution in [0, 0.1) is 0 Å². The molecule has 0 unspecified atom stereocenters.